The fourth-order valence-corrected chi connectivity index (χ4v) is 2.46. The molecule has 3 rings (SSSR count). The molecular formula is C19H18ClNO2. The van der Waals surface area contributed by atoms with Gasteiger partial charge in [-0.3, -0.25) is 0 Å². The molecule has 0 aliphatic carbocycles. The molecular weight excluding hydrogens is 310 g/mol. The molecule has 3 nitrogen and oxygen atoms in total. The summed E-state index contributed by atoms with van der Waals surface area (Å²) in [5, 5.41) is 4.07. The Morgan fingerprint density at radius 2 is 1.87 bits per heavy atom. The molecule has 0 atom stereocenters. The molecule has 0 amide bonds. The van der Waals surface area contributed by atoms with Gasteiger partial charge in [0.05, 0.1) is 12.8 Å². The van der Waals surface area contributed by atoms with Crippen molar-refractivity contribution in [3.8, 4) is 5.75 Å². The van der Waals surface area contributed by atoms with Gasteiger partial charge in [0.15, 0.2) is 0 Å². The lowest BCUT2D eigenvalue weighted by Crippen LogP contribution is -2.12. The van der Waals surface area contributed by atoms with E-state index in [1.165, 1.54) is 0 Å². The Hall–Kier alpha value is -2.23. The van der Waals surface area contributed by atoms with Crippen LogP contribution in [0.25, 0.3) is 0 Å². The van der Waals surface area contributed by atoms with Crippen molar-refractivity contribution < 1.29 is 9.15 Å². The maximum atomic E-state index is 6.14. The SMILES string of the molecule is Clc1ccccc1COc1cccc(CNCc2ccco2)c1. The van der Waals surface area contributed by atoms with E-state index in [1.807, 2.05) is 54.6 Å². The van der Waals surface area contributed by atoms with Gasteiger partial charge in [-0.2, -0.15) is 0 Å². The molecule has 3 aromatic rings. The van der Waals surface area contributed by atoms with Gasteiger partial charge in [-0.1, -0.05) is 41.9 Å². The summed E-state index contributed by atoms with van der Waals surface area (Å²) in [4.78, 5) is 0. The lowest BCUT2D eigenvalue weighted by atomic mass is 10.2. The minimum Gasteiger partial charge on any atom is -0.489 e. The van der Waals surface area contributed by atoms with Crippen molar-refractivity contribution >= 4 is 11.6 Å². The molecule has 1 heterocycles. The largest absolute Gasteiger partial charge is 0.489 e. The average molecular weight is 328 g/mol. The highest BCUT2D eigenvalue weighted by Gasteiger charge is 2.02. The zero-order valence-electron chi connectivity index (χ0n) is 12.7. The zero-order valence-corrected chi connectivity index (χ0v) is 13.4. The van der Waals surface area contributed by atoms with Crippen LogP contribution in [0.2, 0.25) is 5.02 Å². The van der Waals surface area contributed by atoms with Crippen LogP contribution in [0.1, 0.15) is 16.9 Å². The Bertz CT molecular complexity index is 741. The van der Waals surface area contributed by atoms with Crippen LogP contribution < -0.4 is 10.1 Å². The van der Waals surface area contributed by atoms with Crippen molar-refractivity contribution in [3.05, 3.63) is 88.8 Å². The fourth-order valence-electron chi connectivity index (χ4n) is 2.26. The molecule has 0 aliphatic heterocycles. The fraction of sp³-hybridized carbons (Fsp3) is 0.158. The predicted octanol–water partition coefficient (Wildman–Crippen LogP) is 4.80. The lowest BCUT2D eigenvalue weighted by Gasteiger charge is -2.09. The van der Waals surface area contributed by atoms with Gasteiger partial charge < -0.3 is 14.5 Å². The van der Waals surface area contributed by atoms with Gasteiger partial charge in [0.25, 0.3) is 0 Å². The van der Waals surface area contributed by atoms with E-state index in [9.17, 15) is 0 Å². The molecule has 0 spiro atoms. The molecule has 0 radical (unpaired) electrons. The number of benzene rings is 2. The number of hydrogen-bond acceptors (Lipinski definition) is 3. The summed E-state index contributed by atoms with van der Waals surface area (Å²) in [6.45, 7) is 1.92. The summed E-state index contributed by atoms with van der Waals surface area (Å²) in [5.74, 6) is 1.76. The van der Waals surface area contributed by atoms with Gasteiger partial charge in [0, 0.05) is 17.1 Å². The molecule has 0 aliphatic rings. The van der Waals surface area contributed by atoms with Crippen LogP contribution in [0.5, 0.6) is 5.75 Å². The summed E-state index contributed by atoms with van der Waals surface area (Å²) in [6.07, 6.45) is 1.68. The Morgan fingerprint density at radius 3 is 2.70 bits per heavy atom. The third-order valence-corrected chi connectivity index (χ3v) is 3.83. The second kappa shape index (κ2) is 7.86. The van der Waals surface area contributed by atoms with E-state index in [0.717, 1.165) is 34.2 Å². The van der Waals surface area contributed by atoms with Crippen LogP contribution in [-0.2, 0) is 19.7 Å². The molecule has 0 fully saturated rings. The van der Waals surface area contributed by atoms with E-state index in [2.05, 4.69) is 11.4 Å². The van der Waals surface area contributed by atoms with Crippen molar-refractivity contribution in [3.63, 3.8) is 0 Å². The lowest BCUT2D eigenvalue weighted by molar-refractivity contribution is 0.306. The number of rotatable bonds is 7. The van der Waals surface area contributed by atoms with E-state index in [0.29, 0.717) is 13.2 Å². The molecule has 23 heavy (non-hydrogen) atoms. The first-order valence-corrected chi connectivity index (χ1v) is 7.87. The number of furan rings is 1. The molecule has 4 heteroatoms. The summed E-state index contributed by atoms with van der Waals surface area (Å²) in [7, 11) is 0. The molecule has 0 unspecified atom stereocenters. The molecule has 0 saturated carbocycles. The maximum Gasteiger partial charge on any atom is 0.120 e. The molecule has 1 N–H and O–H groups in total. The van der Waals surface area contributed by atoms with Crippen molar-refractivity contribution in [1.82, 2.24) is 5.32 Å². The Labute approximate surface area is 140 Å². The first-order valence-electron chi connectivity index (χ1n) is 7.49. The summed E-state index contributed by atoms with van der Waals surface area (Å²) in [5.41, 5.74) is 2.14. The first-order chi connectivity index (χ1) is 11.3. The summed E-state index contributed by atoms with van der Waals surface area (Å²) in [6, 6.07) is 19.6. The number of hydrogen-bond donors (Lipinski definition) is 1. The van der Waals surface area contributed by atoms with Crippen LogP contribution in [-0.4, -0.2) is 0 Å². The Morgan fingerprint density at radius 1 is 0.957 bits per heavy atom. The van der Waals surface area contributed by atoms with Crippen molar-refractivity contribution in [2.45, 2.75) is 19.7 Å². The highest BCUT2D eigenvalue weighted by molar-refractivity contribution is 6.31. The summed E-state index contributed by atoms with van der Waals surface area (Å²) < 4.78 is 11.1. The van der Waals surface area contributed by atoms with Crippen LogP contribution in [0, 0.1) is 0 Å². The van der Waals surface area contributed by atoms with Crippen LogP contribution in [0.15, 0.2) is 71.3 Å². The van der Waals surface area contributed by atoms with Crippen LogP contribution in [0.4, 0.5) is 0 Å². The van der Waals surface area contributed by atoms with Gasteiger partial charge in [-0.25, -0.2) is 0 Å². The first kappa shape index (κ1) is 15.7. The highest BCUT2D eigenvalue weighted by Crippen LogP contribution is 2.19. The number of halogens is 1. The topological polar surface area (TPSA) is 34.4 Å². The van der Waals surface area contributed by atoms with E-state index in [4.69, 9.17) is 20.8 Å². The normalized spacial score (nSPS) is 10.7. The zero-order chi connectivity index (χ0) is 15.9. The number of nitrogens with one attached hydrogen (secondary N) is 1. The van der Waals surface area contributed by atoms with E-state index in [1.54, 1.807) is 6.26 Å². The van der Waals surface area contributed by atoms with Gasteiger partial charge in [0.2, 0.25) is 0 Å². The van der Waals surface area contributed by atoms with Gasteiger partial charge in [-0.15, -0.1) is 0 Å². The van der Waals surface area contributed by atoms with E-state index in [-0.39, 0.29) is 0 Å². The highest BCUT2D eigenvalue weighted by atomic mass is 35.5. The second-order valence-corrected chi connectivity index (χ2v) is 5.62. The Balaban J connectivity index is 1.53. The summed E-state index contributed by atoms with van der Waals surface area (Å²) >= 11 is 6.14. The molecule has 118 valence electrons. The van der Waals surface area contributed by atoms with Crippen LogP contribution >= 0.6 is 11.6 Å². The molecule has 2 aromatic carbocycles. The Kier molecular flexibility index (Phi) is 5.35. The van der Waals surface area contributed by atoms with Crippen LogP contribution in [0.3, 0.4) is 0 Å². The molecule has 0 bridgehead atoms. The smallest absolute Gasteiger partial charge is 0.120 e. The quantitative estimate of drug-likeness (QED) is 0.676. The minimum atomic E-state index is 0.461. The van der Waals surface area contributed by atoms with E-state index < -0.39 is 0 Å². The minimum absolute atomic E-state index is 0.461. The van der Waals surface area contributed by atoms with Crippen molar-refractivity contribution in [2.24, 2.45) is 0 Å². The second-order valence-electron chi connectivity index (χ2n) is 5.21. The van der Waals surface area contributed by atoms with Gasteiger partial charge in [-0.05, 0) is 35.9 Å². The third-order valence-electron chi connectivity index (χ3n) is 3.46. The molecule has 0 saturated heterocycles. The van der Waals surface area contributed by atoms with E-state index >= 15 is 0 Å². The van der Waals surface area contributed by atoms with Crippen molar-refractivity contribution in [2.75, 3.05) is 0 Å². The van der Waals surface area contributed by atoms with Crippen molar-refractivity contribution in [1.29, 1.82) is 0 Å². The monoisotopic (exact) mass is 327 g/mol. The number of ether oxygens (including phenoxy) is 1. The molecule has 1 aromatic heterocycles. The van der Waals surface area contributed by atoms with Gasteiger partial charge >= 0.3 is 0 Å². The van der Waals surface area contributed by atoms with Gasteiger partial charge in [0.1, 0.15) is 18.1 Å². The maximum absolute atomic E-state index is 6.14. The third kappa shape index (κ3) is 4.62. The standard InChI is InChI=1S/C19H18ClNO2/c20-19-9-2-1-6-16(19)14-23-17-7-3-5-15(11-17)12-21-13-18-8-4-10-22-18/h1-11,21H,12-14H2. The predicted molar refractivity (Wildman–Crippen MR) is 91.5 cm³/mol. The average Bonchev–Trinajstić information content (AvgIpc) is 3.08.